The molecule has 1 N–H and O–H groups in total. The maximum atomic E-state index is 11.3. The average Bonchev–Trinajstić information content (AvgIpc) is 3.08. The molecule has 7 heteroatoms. The maximum Gasteiger partial charge on any atom is 0.512 e. The Bertz CT molecular complexity index is 1390. The number of anilines is 1. The van der Waals surface area contributed by atoms with E-state index in [0.29, 0.717) is 13.1 Å². The highest BCUT2D eigenvalue weighted by Gasteiger charge is 2.25. The molecule has 0 radical (unpaired) electrons. The summed E-state index contributed by atoms with van der Waals surface area (Å²) in [7, 11) is 1.67. The SMILES string of the molecule is COc1cccc(Cn2c(C)c(C)c3cc(OC(=O)O)nc(N4CCc5ccccc5C4)c32)c1. The summed E-state index contributed by atoms with van der Waals surface area (Å²) in [6.07, 6.45) is -0.468. The summed E-state index contributed by atoms with van der Waals surface area (Å²) in [5.74, 6) is 1.64. The Morgan fingerprint density at radius 2 is 1.88 bits per heavy atom. The van der Waals surface area contributed by atoms with E-state index in [1.165, 1.54) is 11.1 Å². The molecule has 34 heavy (non-hydrogen) atoms. The van der Waals surface area contributed by atoms with E-state index < -0.39 is 6.16 Å². The molecule has 4 aromatic rings. The van der Waals surface area contributed by atoms with Gasteiger partial charge in [0.05, 0.1) is 12.6 Å². The van der Waals surface area contributed by atoms with E-state index in [9.17, 15) is 9.90 Å². The van der Waals surface area contributed by atoms with E-state index in [2.05, 4.69) is 53.6 Å². The van der Waals surface area contributed by atoms with Crippen molar-refractivity contribution in [3.05, 3.63) is 82.5 Å². The van der Waals surface area contributed by atoms with E-state index >= 15 is 0 Å². The van der Waals surface area contributed by atoms with Gasteiger partial charge >= 0.3 is 6.16 Å². The first-order valence-corrected chi connectivity index (χ1v) is 11.3. The summed E-state index contributed by atoms with van der Waals surface area (Å²) in [5.41, 5.74) is 6.87. The van der Waals surface area contributed by atoms with Gasteiger partial charge in [0, 0.05) is 36.8 Å². The molecule has 1 aliphatic rings. The lowest BCUT2D eigenvalue weighted by atomic mass is 10.00. The van der Waals surface area contributed by atoms with Gasteiger partial charge in [0.1, 0.15) is 5.75 Å². The quantitative estimate of drug-likeness (QED) is 0.408. The first kappa shape index (κ1) is 21.8. The third-order valence-corrected chi connectivity index (χ3v) is 6.67. The number of aromatic nitrogens is 2. The third kappa shape index (κ3) is 3.94. The Morgan fingerprint density at radius 1 is 1.09 bits per heavy atom. The van der Waals surface area contributed by atoms with Gasteiger partial charge in [-0.2, -0.15) is 4.98 Å². The molecule has 0 aliphatic carbocycles. The van der Waals surface area contributed by atoms with Crippen LogP contribution in [0.2, 0.25) is 0 Å². The Balaban J connectivity index is 1.67. The van der Waals surface area contributed by atoms with Crippen LogP contribution in [-0.2, 0) is 19.5 Å². The fraction of sp³-hybridized carbons (Fsp3) is 0.259. The van der Waals surface area contributed by atoms with Crippen molar-refractivity contribution in [1.82, 2.24) is 9.55 Å². The van der Waals surface area contributed by atoms with E-state index in [1.54, 1.807) is 13.2 Å². The lowest BCUT2D eigenvalue weighted by Gasteiger charge is -2.31. The number of carbonyl (C=O) groups is 1. The van der Waals surface area contributed by atoms with Crippen molar-refractivity contribution < 1.29 is 19.4 Å². The lowest BCUT2D eigenvalue weighted by Crippen LogP contribution is -2.31. The average molecular weight is 458 g/mol. The molecule has 2 aromatic carbocycles. The van der Waals surface area contributed by atoms with Crippen LogP contribution in [0.4, 0.5) is 10.6 Å². The predicted molar refractivity (Wildman–Crippen MR) is 131 cm³/mol. The second-order valence-electron chi connectivity index (χ2n) is 8.64. The van der Waals surface area contributed by atoms with E-state index in [-0.39, 0.29) is 5.88 Å². The Morgan fingerprint density at radius 3 is 2.65 bits per heavy atom. The van der Waals surface area contributed by atoms with Crippen LogP contribution < -0.4 is 14.4 Å². The number of benzene rings is 2. The number of rotatable bonds is 5. The molecule has 1 aliphatic heterocycles. The number of ether oxygens (including phenoxy) is 2. The van der Waals surface area contributed by atoms with E-state index in [0.717, 1.165) is 52.3 Å². The largest absolute Gasteiger partial charge is 0.512 e. The van der Waals surface area contributed by atoms with Crippen LogP contribution in [0, 0.1) is 13.8 Å². The minimum absolute atomic E-state index is 0.0930. The van der Waals surface area contributed by atoms with Crippen LogP contribution in [0.25, 0.3) is 10.9 Å². The van der Waals surface area contributed by atoms with Gasteiger partial charge in [-0.1, -0.05) is 36.4 Å². The van der Waals surface area contributed by atoms with E-state index in [4.69, 9.17) is 14.5 Å². The highest BCUT2D eigenvalue weighted by Crippen LogP contribution is 2.37. The van der Waals surface area contributed by atoms with Gasteiger partial charge in [-0.05, 0) is 54.7 Å². The van der Waals surface area contributed by atoms with Crippen molar-refractivity contribution in [2.24, 2.45) is 0 Å². The molecule has 0 bridgehead atoms. The molecule has 5 rings (SSSR count). The molecule has 0 fully saturated rings. The second kappa shape index (κ2) is 8.74. The lowest BCUT2D eigenvalue weighted by molar-refractivity contribution is 0.142. The van der Waals surface area contributed by atoms with Crippen molar-refractivity contribution in [2.75, 3.05) is 18.6 Å². The van der Waals surface area contributed by atoms with Crippen molar-refractivity contribution in [2.45, 2.75) is 33.4 Å². The molecule has 7 nitrogen and oxygen atoms in total. The summed E-state index contributed by atoms with van der Waals surface area (Å²) in [6.45, 7) is 6.28. The number of methoxy groups -OCH3 is 1. The van der Waals surface area contributed by atoms with Crippen molar-refractivity contribution in [3.63, 3.8) is 0 Å². The van der Waals surface area contributed by atoms with Crippen molar-refractivity contribution in [3.8, 4) is 11.6 Å². The van der Waals surface area contributed by atoms with Crippen LogP contribution in [0.15, 0.2) is 54.6 Å². The predicted octanol–water partition coefficient (Wildman–Crippen LogP) is 5.33. The van der Waals surface area contributed by atoms with Gasteiger partial charge in [-0.15, -0.1) is 0 Å². The zero-order valence-corrected chi connectivity index (χ0v) is 19.5. The molecule has 0 saturated carbocycles. The van der Waals surface area contributed by atoms with Gasteiger partial charge < -0.3 is 24.0 Å². The van der Waals surface area contributed by atoms with Crippen LogP contribution in [0.1, 0.15) is 27.9 Å². The van der Waals surface area contributed by atoms with Gasteiger partial charge in [0.15, 0.2) is 5.82 Å². The van der Waals surface area contributed by atoms with E-state index in [1.807, 2.05) is 18.2 Å². The first-order chi connectivity index (χ1) is 16.4. The maximum absolute atomic E-state index is 11.3. The summed E-state index contributed by atoms with van der Waals surface area (Å²) >= 11 is 0. The fourth-order valence-corrected chi connectivity index (χ4v) is 4.81. The fourth-order valence-electron chi connectivity index (χ4n) is 4.81. The molecule has 2 aromatic heterocycles. The molecule has 0 unspecified atom stereocenters. The standard InChI is InChI=1S/C27H27N3O4/c1-17-18(2)30(15-19-7-6-10-22(13-19)33-3)25-23(17)14-24(34-27(31)32)28-26(25)29-12-11-20-8-4-5-9-21(20)16-29/h4-10,13-14H,11-12,15-16H2,1-3H3,(H,31,32). The van der Waals surface area contributed by atoms with Crippen molar-refractivity contribution >= 4 is 22.9 Å². The van der Waals surface area contributed by atoms with Crippen LogP contribution >= 0.6 is 0 Å². The Kier molecular flexibility index (Phi) is 5.61. The number of fused-ring (bicyclic) bond motifs is 2. The van der Waals surface area contributed by atoms with Crippen LogP contribution in [0.5, 0.6) is 11.6 Å². The van der Waals surface area contributed by atoms with Gasteiger partial charge in [-0.25, -0.2) is 4.79 Å². The molecular formula is C27H27N3O4. The Hall–Kier alpha value is -4.00. The van der Waals surface area contributed by atoms with Crippen molar-refractivity contribution in [1.29, 1.82) is 0 Å². The Labute approximate surface area is 198 Å². The zero-order valence-electron chi connectivity index (χ0n) is 19.5. The molecule has 0 amide bonds. The molecule has 0 atom stereocenters. The topological polar surface area (TPSA) is 76.8 Å². The number of hydrogen-bond acceptors (Lipinski definition) is 5. The minimum Gasteiger partial charge on any atom is -0.497 e. The minimum atomic E-state index is -1.37. The number of pyridine rings is 1. The molecular weight excluding hydrogens is 430 g/mol. The highest BCUT2D eigenvalue weighted by molar-refractivity contribution is 5.95. The third-order valence-electron chi connectivity index (χ3n) is 6.67. The summed E-state index contributed by atoms with van der Waals surface area (Å²) < 4.78 is 12.7. The van der Waals surface area contributed by atoms with Gasteiger partial charge in [-0.3, -0.25) is 0 Å². The summed E-state index contributed by atoms with van der Waals surface area (Å²) in [4.78, 5) is 18.2. The molecule has 3 heterocycles. The van der Waals surface area contributed by atoms with Gasteiger partial charge in [0.25, 0.3) is 0 Å². The summed E-state index contributed by atoms with van der Waals surface area (Å²) in [5, 5.41) is 10.2. The monoisotopic (exact) mass is 457 g/mol. The smallest absolute Gasteiger partial charge is 0.497 e. The molecule has 0 saturated heterocycles. The zero-order chi connectivity index (χ0) is 23.8. The van der Waals surface area contributed by atoms with Crippen LogP contribution in [-0.4, -0.2) is 34.5 Å². The highest BCUT2D eigenvalue weighted by atomic mass is 16.7. The number of hydrogen-bond donors (Lipinski definition) is 1. The molecule has 0 spiro atoms. The van der Waals surface area contributed by atoms with Gasteiger partial charge in [0.2, 0.25) is 5.88 Å². The first-order valence-electron chi connectivity index (χ1n) is 11.3. The second-order valence-corrected chi connectivity index (χ2v) is 8.64. The number of aryl methyl sites for hydroxylation is 1. The van der Waals surface area contributed by atoms with Crippen LogP contribution in [0.3, 0.4) is 0 Å². The number of nitrogens with zero attached hydrogens (tertiary/aromatic N) is 3. The molecule has 174 valence electrons. The summed E-state index contributed by atoms with van der Waals surface area (Å²) in [6, 6.07) is 18.2. The normalized spacial score (nSPS) is 13.1. The number of carboxylic acid groups (broad SMARTS) is 1.